The van der Waals surface area contributed by atoms with E-state index < -0.39 is 0 Å². The summed E-state index contributed by atoms with van der Waals surface area (Å²) in [5.41, 5.74) is 0. The van der Waals surface area contributed by atoms with E-state index in [4.69, 9.17) is 5.11 Å². The van der Waals surface area contributed by atoms with Gasteiger partial charge in [-0.1, -0.05) is 0 Å². The standard InChI is InChI=1S/C13H24N4O2/c1-11(5-10-18)16-13(19)15-6-3-4-8-17-9-7-14-12(17)2/h7,9,11,18H,3-6,8,10H2,1-2H3,(H2,15,16,19)/t11-/m1/s1. The van der Waals surface area contributed by atoms with Crippen LogP contribution >= 0.6 is 0 Å². The van der Waals surface area contributed by atoms with Crippen molar-refractivity contribution in [3.63, 3.8) is 0 Å². The molecule has 19 heavy (non-hydrogen) atoms. The van der Waals surface area contributed by atoms with E-state index in [9.17, 15) is 4.79 Å². The number of rotatable bonds is 8. The molecule has 3 N–H and O–H groups in total. The van der Waals surface area contributed by atoms with Crippen molar-refractivity contribution in [3.8, 4) is 0 Å². The third kappa shape index (κ3) is 6.24. The first kappa shape index (κ1) is 15.5. The number of aliphatic hydroxyl groups excluding tert-OH is 1. The maximum Gasteiger partial charge on any atom is 0.314 e. The van der Waals surface area contributed by atoms with Gasteiger partial charge in [-0.05, 0) is 33.1 Å². The minimum absolute atomic E-state index is 0.00130. The molecule has 0 aliphatic heterocycles. The molecular weight excluding hydrogens is 244 g/mol. The predicted octanol–water partition coefficient (Wildman–Crippen LogP) is 1.04. The number of imidazole rings is 1. The Hall–Kier alpha value is -1.56. The molecule has 1 atom stereocenters. The third-order valence-corrected chi connectivity index (χ3v) is 2.97. The second-order valence-corrected chi connectivity index (χ2v) is 4.69. The Morgan fingerprint density at radius 1 is 1.53 bits per heavy atom. The number of hydrogen-bond donors (Lipinski definition) is 3. The molecule has 0 aliphatic rings. The van der Waals surface area contributed by atoms with Crippen molar-refractivity contribution < 1.29 is 9.90 Å². The molecule has 0 aliphatic carbocycles. The van der Waals surface area contributed by atoms with Gasteiger partial charge in [-0.2, -0.15) is 0 Å². The molecule has 1 aromatic rings. The van der Waals surface area contributed by atoms with Gasteiger partial charge in [-0.15, -0.1) is 0 Å². The van der Waals surface area contributed by atoms with Gasteiger partial charge in [-0.25, -0.2) is 9.78 Å². The largest absolute Gasteiger partial charge is 0.396 e. The molecule has 0 fully saturated rings. The highest BCUT2D eigenvalue weighted by atomic mass is 16.3. The number of nitrogens with zero attached hydrogens (tertiary/aromatic N) is 2. The lowest BCUT2D eigenvalue weighted by Crippen LogP contribution is -2.41. The summed E-state index contributed by atoms with van der Waals surface area (Å²) < 4.78 is 2.10. The average Bonchev–Trinajstić information content (AvgIpc) is 2.75. The van der Waals surface area contributed by atoms with Gasteiger partial charge in [0.25, 0.3) is 0 Å². The number of urea groups is 1. The normalized spacial score (nSPS) is 12.2. The maximum absolute atomic E-state index is 11.5. The number of hydrogen-bond acceptors (Lipinski definition) is 3. The Kier molecular flexibility index (Phi) is 6.95. The van der Waals surface area contributed by atoms with Crippen LogP contribution in [0.2, 0.25) is 0 Å². The molecule has 0 spiro atoms. The Labute approximate surface area is 114 Å². The molecule has 1 heterocycles. The molecule has 6 nitrogen and oxygen atoms in total. The molecule has 0 saturated carbocycles. The smallest absolute Gasteiger partial charge is 0.314 e. The fourth-order valence-electron chi connectivity index (χ4n) is 1.79. The van der Waals surface area contributed by atoms with Crippen LogP contribution in [0.25, 0.3) is 0 Å². The van der Waals surface area contributed by atoms with E-state index in [1.807, 2.05) is 20.0 Å². The molecule has 6 heteroatoms. The van der Waals surface area contributed by atoms with E-state index >= 15 is 0 Å². The monoisotopic (exact) mass is 268 g/mol. The van der Waals surface area contributed by atoms with Crippen molar-refractivity contribution in [1.29, 1.82) is 0 Å². The number of unbranched alkanes of at least 4 members (excludes halogenated alkanes) is 1. The molecule has 0 aromatic carbocycles. The quantitative estimate of drug-likeness (QED) is 0.616. The van der Waals surface area contributed by atoms with E-state index in [2.05, 4.69) is 20.2 Å². The minimum atomic E-state index is -0.167. The highest BCUT2D eigenvalue weighted by Gasteiger charge is 2.05. The number of nitrogens with one attached hydrogen (secondary N) is 2. The molecule has 1 aromatic heterocycles. The summed E-state index contributed by atoms with van der Waals surface area (Å²) in [5, 5.41) is 14.3. The number of carbonyl (C=O) groups is 1. The van der Waals surface area contributed by atoms with Gasteiger partial charge in [0.05, 0.1) is 0 Å². The van der Waals surface area contributed by atoms with Gasteiger partial charge in [-0.3, -0.25) is 0 Å². The highest BCUT2D eigenvalue weighted by Crippen LogP contribution is 1.99. The second kappa shape index (κ2) is 8.53. The van der Waals surface area contributed by atoms with Gasteiger partial charge in [0.15, 0.2) is 0 Å². The lowest BCUT2D eigenvalue weighted by atomic mass is 10.2. The van der Waals surface area contributed by atoms with Crippen molar-refractivity contribution in [2.45, 2.75) is 45.7 Å². The van der Waals surface area contributed by atoms with Crippen LogP contribution in [-0.4, -0.2) is 39.9 Å². The van der Waals surface area contributed by atoms with Gasteiger partial charge in [0, 0.05) is 38.1 Å². The zero-order chi connectivity index (χ0) is 14.1. The van der Waals surface area contributed by atoms with Crippen LogP contribution in [0.1, 0.15) is 32.0 Å². The lowest BCUT2D eigenvalue weighted by molar-refractivity contribution is 0.231. The van der Waals surface area contributed by atoms with Crippen molar-refractivity contribution in [2.75, 3.05) is 13.2 Å². The topological polar surface area (TPSA) is 79.2 Å². The van der Waals surface area contributed by atoms with Crippen LogP contribution in [-0.2, 0) is 6.54 Å². The molecule has 0 saturated heterocycles. The number of aromatic nitrogens is 2. The van der Waals surface area contributed by atoms with Crippen LogP contribution < -0.4 is 10.6 Å². The van der Waals surface area contributed by atoms with Crippen LogP contribution in [0.15, 0.2) is 12.4 Å². The fraction of sp³-hybridized carbons (Fsp3) is 0.692. The summed E-state index contributed by atoms with van der Waals surface area (Å²) in [6, 6.07) is -0.168. The first-order chi connectivity index (χ1) is 9.13. The molecule has 2 amide bonds. The van der Waals surface area contributed by atoms with E-state index in [1.54, 1.807) is 6.20 Å². The molecule has 0 unspecified atom stereocenters. The van der Waals surface area contributed by atoms with Crippen LogP contribution in [0.4, 0.5) is 4.79 Å². The fourth-order valence-corrected chi connectivity index (χ4v) is 1.79. The number of aryl methyl sites for hydroxylation is 2. The number of carbonyl (C=O) groups excluding carboxylic acids is 1. The first-order valence-electron chi connectivity index (χ1n) is 6.76. The van der Waals surface area contributed by atoms with Crippen LogP contribution in [0, 0.1) is 6.92 Å². The second-order valence-electron chi connectivity index (χ2n) is 4.69. The number of aliphatic hydroxyl groups is 1. The Balaban J connectivity index is 2.04. The molecule has 0 bridgehead atoms. The molecule has 1 rings (SSSR count). The lowest BCUT2D eigenvalue weighted by Gasteiger charge is -2.13. The van der Waals surface area contributed by atoms with E-state index in [0.29, 0.717) is 13.0 Å². The number of amides is 2. The zero-order valence-corrected chi connectivity index (χ0v) is 11.7. The van der Waals surface area contributed by atoms with Crippen molar-refractivity contribution in [1.82, 2.24) is 20.2 Å². The first-order valence-corrected chi connectivity index (χ1v) is 6.76. The average molecular weight is 268 g/mol. The van der Waals surface area contributed by atoms with E-state index in [1.165, 1.54) is 0 Å². The summed E-state index contributed by atoms with van der Waals surface area (Å²) in [5.74, 6) is 1.02. The SMILES string of the molecule is Cc1nccn1CCCCNC(=O)N[C@H](C)CCO. The minimum Gasteiger partial charge on any atom is -0.396 e. The maximum atomic E-state index is 11.5. The molecule has 108 valence electrons. The summed E-state index contributed by atoms with van der Waals surface area (Å²) in [7, 11) is 0. The van der Waals surface area contributed by atoms with Crippen LogP contribution in [0.3, 0.4) is 0 Å². The van der Waals surface area contributed by atoms with Gasteiger partial charge < -0.3 is 20.3 Å². The Bertz CT molecular complexity index is 378. The predicted molar refractivity (Wildman–Crippen MR) is 73.9 cm³/mol. The zero-order valence-electron chi connectivity index (χ0n) is 11.7. The van der Waals surface area contributed by atoms with Gasteiger partial charge >= 0.3 is 6.03 Å². The highest BCUT2D eigenvalue weighted by molar-refractivity contribution is 5.74. The molecule has 0 radical (unpaired) electrons. The Morgan fingerprint density at radius 2 is 2.32 bits per heavy atom. The molecular formula is C13H24N4O2. The van der Waals surface area contributed by atoms with Gasteiger partial charge in [0.2, 0.25) is 0 Å². The third-order valence-electron chi connectivity index (χ3n) is 2.97. The summed E-state index contributed by atoms with van der Waals surface area (Å²) >= 11 is 0. The van der Waals surface area contributed by atoms with Crippen LogP contribution in [0.5, 0.6) is 0 Å². The van der Waals surface area contributed by atoms with Crippen molar-refractivity contribution in [2.24, 2.45) is 0 Å². The van der Waals surface area contributed by atoms with E-state index in [0.717, 1.165) is 25.2 Å². The Morgan fingerprint density at radius 3 is 2.95 bits per heavy atom. The summed E-state index contributed by atoms with van der Waals surface area (Å²) in [6.07, 6.45) is 6.27. The van der Waals surface area contributed by atoms with Crippen molar-refractivity contribution >= 4 is 6.03 Å². The van der Waals surface area contributed by atoms with Gasteiger partial charge in [0.1, 0.15) is 5.82 Å². The van der Waals surface area contributed by atoms with Crippen molar-refractivity contribution in [3.05, 3.63) is 18.2 Å². The summed E-state index contributed by atoms with van der Waals surface area (Å²) in [6.45, 7) is 5.53. The van der Waals surface area contributed by atoms with E-state index in [-0.39, 0.29) is 18.7 Å². The summed E-state index contributed by atoms with van der Waals surface area (Å²) in [4.78, 5) is 15.6.